The Labute approximate surface area is 128 Å². The minimum Gasteiger partial charge on any atom is -0.340 e. The lowest BCUT2D eigenvalue weighted by Crippen LogP contribution is -2.36. The number of anilines is 1. The summed E-state index contributed by atoms with van der Waals surface area (Å²) in [5, 5.41) is 7.53. The van der Waals surface area contributed by atoms with Gasteiger partial charge in [0, 0.05) is 18.0 Å². The van der Waals surface area contributed by atoms with Crippen molar-refractivity contribution in [2.24, 2.45) is 11.7 Å². The van der Waals surface area contributed by atoms with E-state index in [1.807, 2.05) is 11.3 Å². The number of nitrogens with two attached hydrogens (primary N) is 1. The second-order valence-electron chi connectivity index (χ2n) is 6.06. The molecule has 1 saturated heterocycles. The van der Waals surface area contributed by atoms with Gasteiger partial charge in [-0.1, -0.05) is 0 Å². The SMILES string of the molecule is NCC1CCN(c2n[nH]c(-c3cc4c(s3)CCC4)n2)CC1. The van der Waals surface area contributed by atoms with Gasteiger partial charge in [0.2, 0.25) is 5.95 Å². The molecule has 4 rings (SSSR count). The van der Waals surface area contributed by atoms with E-state index in [4.69, 9.17) is 10.7 Å². The number of fused-ring (bicyclic) bond motifs is 1. The smallest absolute Gasteiger partial charge is 0.245 e. The summed E-state index contributed by atoms with van der Waals surface area (Å²) < 4.78 is 0. The lowest BCUT2D eigenvalue weighted by Gasteiger charge is -2.30. The van der Waals surface area contributed by atoms with Crippen LogP contribution in [0.3, 0.4) is 0 Å². The molecular weight excluding hydrogens is 282 g/mol. The van der Waals surface area contributed by atoms with Gasteiger partial charge >= 0.3 is 0 Å². The van der Waals surface area contributed by atoms with Crippen LogP contribution < -0.4 is 10.6 Å². The number of aromatic nitrogens is 3. The molecule has 112 valence electrons. The van der Waals surface area contributed by atoms with Crippen molar-refractivity contribution in [1.82, 2.24) is 15.2 Å². The molecule has 3 heterocycles. The second-order valence-corrected chi connectivity index (χ2v) is 7.20. The first kappa shape index (κ1) is 13.3. The highest BCUT2D eigenvalue weighted by Gasteiger charge is 2.22. The lowest BCUT2D eigenvalue weighted by atomic mass is 9.97. The molecule has 3 N–H and O–H groups in total. The molecule has 0 unspecified atom stereocenters. The second kappa shape index (κ2) is 5.42. The molecule has 0 aromatic carbocycles. The van der Waals surface area contributed by atoms with Crippen LogP contribution in [0.4, 0.5) is 5.95 Å². The van der Waals surface area contributed by atoms with Gasteiger partial charge in [-0.25, -0.2) is 0 Å². The number of thiophene rings is 1. The van der Waals surface area contributed by atoms with Crippen LogP contribution in [0, 0.1) is 5.92 Å². The van der Waals surface area contributed by atoms with Crippen LogP contribution in [0.2, 0.25) is 0 Å². The van der Waals surface area contributed by atoms with E-state index in [0.29, 0.717) is 5.92 Å². The Morgan fingerprint density at radius 1 is 1.33 bits per heavy atom. The van der Waals surface area contributed by atoms with Crippen molar-refractivity contribution in [3.63, 3.8) is 0 Å². The fourth-order valence-corrected chi connectivity index (χ4v) is 4.51. The van der Waals surface area contributed by atoms with Gasteiger partial charge in [-0.3, -0.25) is 5.10 Å². The molecule has 2 aliphatic rings. The molecule has 2 aromatic rings. The molecule has 0 bridgehead atoms. The average Bonchev–Trinajstić information content (AvgIpc) is 3.22. The molecular formula is C15H21N5S. The van der Waals surface area contributed by atoms with Gasteiger partial charge in [0.05, 0.1) is 4.88 Å². The Balaban J connectivity index is 1.50. The Morgan fingerprint density at radius 3 is 2.95 bits per heavy atom. The summed E-state index contributed by atoms with van der Waals surface area (Å²) in [5.74, 6) is 2.43. The third-order valence-electron chi connectivity index (χ3n) is 4.68. The van der Waals surface area contributed by atoms with Crippen LogP contribution >= 0.6 is 11.3 Å². The van der Waals surface area contributed by atoms with Crippen molar-refractivity contribution in [1.29, 1.82) is 0 Å². The number of hydrogen-bond donors (Lipinski definition) is 2. The number of aromatic amines is 1. The molecule has 0 atom stereocenters. The van der Waals surface area contributed by atoms with Gasteiger partial charge in [-0.15, -0.1) is 16.4 Å². The van der Waals surface area contributed by atoms with Crippen molar-refractivity contribution >= 4 is 17.3 Å². The summed E-state index contributed by atoms with van der Waals surface area (Å²) in [6.45, 7) is 2.83. The lowest BCUT2D eigenvalue weighted by molar-refractivity contribution is 0.411. The number of H-pyrrole nitrogens is 1. The number of nitrogens with zero attached hydrogens (tertiary/aromatic N) is 3. The molecule has 0 amide bonds. The van der Waals surface area contributed by atoms with Crippen LogP contribution in [0.1, 0.15) is 29.7 Å². The van der Waals surface area contributed by atoms with E-state index in [2.05, 4.69) is 21.2 Å². The molecule has 2 aromatic heterocycles. The number of nitrogens with one attached hydrogen (secondary N) is 1. The van der Waals surface area contributed by atoms with Gasteiger partial charge in [0.15, 0.2) is 5.82 Å². The van der Waals surface area contributed by atoms with Gasteiger partial charge in [-0.05, 0) is 56.2 Å². The predicted molar refractivity (Wildman–Crippen MR) is 85.7 cm³/mol. The molecule has 21 heavy (non-hydrogen) atoms. The maximum Gasteiger partial charge on any atom is 0.245 e. The highest BCUT2D eigenvalue weighted by molar-refractivity contribution is 7.15. The zero-order chi connectivity index (χ0) is 14.2. The fraction of sp³-hybridized carbons (Fsp3) is 0.600. The summed E-state index contributed by atoms with van der Waals surface area (Å²) in [5.41, 5.74) is 7.26. The average molecular weight is 303 g/mol. The van der Waals surface area contributed by atoms with Crippen LogP contribution in [0.25, 0.3) is 10.7 Å². The van der Waals surface area contributed by atoms with Crippen LogP contribution in [0.5, 0.6) is 0 Å². The van der Waals surface area contributed by atoms with Crippen LogP contribution in [0.15, 0.2) is 6.07 Å². The summed E-state index contributed by atoms with van der Waals surface area (Å²) in [6.07, 6.45) is 6.05. The maximum atomic E-state index is 5.75. The van der Waals surface area contributed by atoms with E-state index in [-0.39, 0.29) is 0 Å². The number of rotatable bonds is 3. The largest absolute Gasteiger partial charge is 0.340 e. The van der Waals surface area contributed by atoms with Crippen LogP contribution in [-0.2, 0) is 12.8 Å². The maximum absolute atomic E-state index is 5.75. The topological polar surface area (TPSA) is 70.8 Å². The third-order valence-corrected chi connectivity index (χ3v) is 5.93. The van der Waals surface area contributed by atoms with E-state index in [1.165, 1.54) is 34.6 Å². The Bertz CT molecular complexity index is 602. The van der Waals surface area contributed by atoms with Crippen LogP contribution in [-0.4, -0.2) is 34.8 Å². The third kappa shape index (κ3) is 2.46. The number of aryl methyl sites for hydroxylation is 2. The van der Waals surface area contributed by atoms with E-state index in [1.54, 1.807) is 0 Å². The van der Waals surface area contributed by atoms with Gasteiger partial charge in [0.25, 0.3) is 0 Å². The van der Waals surface area contributed by atoms with E-state index >= 15 is 0 Å². The first-order chi connectivity index (χ1) is 10.3. The molecule has 1 aliphatic heterocycles. The monoisotopic (exact) mass is 303 g/mol. The van der Waals surface area contributed by atoms with E-state index in [0.717, 1.165) is 44.2 Å². The van der Waals surface area contributed by atoms with Crippen molar-refractivity contribution in [3.8, 4) is 10.7 Å². The molecule has 0 radical (unpaired) electrons. The van der Waals surface area contributed by atoms with Gasteiger partial charge in [0.1, 0.15) is 0 Å². The van der Waals surface area contributed by atoms with Crippen molar-refractivity contribution in [2.75, 3.05) is 24.5 Å². The van der Waals surface area contributed by atoms with Crippen molar-refractivity contribution < 1.29 is 0 Å². The number of hydrogen-bond acceptors (Lipinski definition) is 5. The predicted octanol–water partition coefficient (Wildman–Crippen LogP) is 2.20. The zero-order valence-corrected chi connectivity index (χ0v) is 13.0. The first-order valence-electron chi connectivity index (χ1n) is 7.83. The quantitative estimate of drug-likeness (QED) is 0.912. The van der Waals surface area contributed by atoms with Crippen molar-refractivity contribution in [2.45, 2.75) is 32.1 Å². The minimum atomic E-state index is 0.667. The summed E-state index contributed by atoms with van der Waals surface area (Å²) in [4.78, 5) is 9.74. The number of piperidine rings is 1. The Hall–Kier alpha value is -1.40. The van der Waals surface area contributed by atoms with Crippen molar-refractivity contribution in [3.05, 3.63) is 16.5 Å². The fourth-order valence-electron chi connectivity index (χ4n) is 3.32. The summed E-state index contributed by atoms with van der Waals surface area (Å²) >= 11 is 1.87. The Morgan fingerprint density at radius 2 is 2.19 bits per heavy atom. The highest BCUT2D eigenvalue weighted by Crippen LogP contribution is 2.35. The molecule has 1 fully saturated rings. The molecule has 0 saturated carbocycles. The Kier molecular flexibility index (Phi) is 3.43. The van der Waals surface area contributed by atoms with Gasteiger partial charge in [-0.2, -0.15) is 4.98 Å². The summed E-state index contributed by atoms with van der Waals surface area (Å²) in [7, 11) is 0. The van der Waals surface area contributed by atoms with E-state index in [9.17, 15) is 0 Å². The molecule has 5 nitrogen and oxygen atoms in total. The normalized spacial score (nSPS) is 19.2. The standard InChI is InChI=1S/C15H21N5S/c16-9-10-4-6-20(7-5-10)15-17-14(18-19-15)13-8-11-2-1-3-12(11)21-13/h8,10H,1-7,9,16H2,(H,17,18,19). The molecule has 6 heteroatoms. The highest BCUT2D eigenvalue weighted by atomic mass is 32.1. The minimum absolute atomic E-state index is 0.667. The zero-order valence-electron chi connectivity index (χ0n) is 12.1. The van der Waals surface area contributed by atoms with Gasteiger partial charge < -0.3 is 10.6 Å². The molecule has 1 aliphatic carbocycles. The summed E-state index contributed by atoms with van der Waals surface area (Å²) in [6, 6.07) is 2.29. The van der Waals surface area contributed by atoms with E-state index < -0.39 is 0 Å². The molecule has 0 spiro atoms. The first-order valence-corrected chi connectivity index (χ1v) is 8.64.